The quantitative estimate of drug-likeness (QED) is 0.511. The number of aromatic nitrogens is 1. The summed E-state index contributed by atoms with van der Waals surface area (Å²) in [6.45, 7) is 5.34. The Morgan fingerprint density at radius 3 is 2.69 bits per heavy atom. The maximum absolute atomic E-state index is 6.22. The number of benzene rings is 2. The summed E-state index contributed by atoms with van der Waals surface area (Å²) in [5.74, 6) is 2.00. The smallest absolute Gasteiger partial charge is 0.136 e. The number of fused-ring (bicyclic) bond motifs is 1. The molecule has 0 aliphatic carbocycles. The van der Waals surface area contributed by atoms with E-state index in [0.29, 0.717) is 0 Å². The van der Waals surface area contributed by atoms with Crippen LogP contribution in [0.3, 0.4) is 0 Å². The topological polar surface area (TPSA) is 28.6 Å². The predicted octanol–water partition coefficient (Wildman–Crippen LogP) is 5.04. The summed E-state index contributed by atoms with van der Waals surface area (Å²) in [7, 11) is 1.72. The van der Waals surface area contributed by atoms with Crippen molar-refractivity contribution in [1.29, 1.82) is 0 Å². The van der Waals surface area contributed by atoms with Crippen molar-refractivity contribution < 1.29 is 4.74 Å². The van der Waals surface area contributed by atoms with Crippen molar-refractivity contribution in [1.82, 2.24) is 9.88 Å². The number of unbranched alkanes of at least 4 members (excludes halogenated alkanes) is 1. The van der Waals surface area contributed by atoms with Crippen LogP contribution >= 0.6 is 11.6 Å². The van der Waals surface area contributed by atoms with Gasteiger partial charge in [-0.3, -0.25) is 4.90 Å². The van der Waals surface area contributed by atoms with Gasteiger partial charge in [-0.25, -0.2) is 4.98 Å². The van der Waals surface area contributed by atoms with Crippen molar-refractivity contribution in [3.8, 4) is 5.75 Å². The zero-order valence-electron chi connectivity index (χ0n) is 17.0. The molecule has 0 radical (unpaired) electrons. The number of rotatable bonds is 7. The number of halogens is 1. The molecule has 4 nitrogen and oxygen atoms in total. The number of hydrogen-bond acceptors (Lipinski definition) is 4. The summed E-state index contributed by atoms with van der Waals surface area (Å²) in [4.78, 5) is 9.62. The van der Waals surface area contributed by atoms with Gasteiger partial charge in [-0.05, 0) is 67.1 Å². The summed E-state index contributed by atoms with van der Waals surface area (Å²) in [5, 5.41) is 3.10. The monoisotopic (exact) mass is 409 g/mol. The number of pyridine rings is 1. The predicted molar refractivity (Wildman–Crippen MR) is 121 cm³/mol. The van der Waals surface area contributed by atoms with Crippen molar-refractivity contribution in [2.45, 2.75) is 19.3 Å². The van der Waals surface area contributed by atoms with Crippen LogP contribution in [0.25, 0.3) is 10.8 Å². The fourth-order valence-electron chi connectivity index (χ4n) is 4.05. The van der Waals surface area contributed by atoms with E-state index in [4.69, 9.17) is 16.3 Å². The summed E-state index contributed by atoms with van der Waals surface area (Å²) in [6.07, 6.45) is 5.43. The van der Waals surface area contributed by atoms with Crippen LogP contribution in [-0.2, 0) is 6.42 Å². The molecule has 0 amide bonds. The Morgan fingerprint density at radius 2 is 1.86 bits per heavy atom. The number of piperazine rings is 1. The fraction of sp³-hybridized carbons (Fsp3) is 0.375. The van der Waals surface area contributed by atoms with Gasteiger partial charge in [-0.2, -0.15) is 0 Å². The van der Waals surface area contributed by atoms with E-state index in [9.17, 15) is 0 Å². The summed E-state index contributed by atoms with van der Waals surface area (Å²) >= 11 is 6.22. The van der Waals surface area contributed by atoms with Crippen LogP contribution in [0.5, 0.6) is 5.75 Å². The standard InChI is InChI=1S/C24H28ClN3O/c1-29-22-7-4-6-19(17-22)5-2-3-12-27-13-15-28(16-14-27)24-23-18-21(25)9-8-20(23)10-11-26-24/h4,6-11,17-18H,2-3,5,12-16H2,1H3. The minimum Gasteiger partial charge on any atom is -0.497 e. The molecule has 0 N–H and O–H groups in total. The average Bonchev–Trinajstić information content (AvgIpc) is 2.77. The molecule has 1 saturated heterocycles. The summed E-state index contributed by atoms with van der Waals surface area (Å²) < 4.78 is 5.31. The third-order valence-electron chi connectivity index (χ3n) is 5.70. The van der Waals surface area contributed by atoms with E-state index in [1.54, 1.807) is 7.11 Å². The molecule has 152 valence electrons. The van der Waals surface area contributed by atoms with Crippen molar-refractivity contribution in [2.24, 2.45) is 0 Å². The van der Waals surface area contributed by atoms with E-state index in [-0.39, 0.29) is 0 Å². The Labute approximate surface area is 178 Å². The zero-order valence-corrected chi connectivity index (χ0v) is 17.7. The lowest BCUT2D eigenvalue weighted by Crippen LogP contribution is -2.47. The highest BCUT2D eigenvalue weighted by molar-refractivity contribution is 6.31. The molecule has 3 aromatic rings. The molecule has 0 unspecified atom stereocenters. The number of nitrogens with zero attached hydrogens (tertiary/aromatic N) is 3. The average molecular weight is 410 g/mol. The molecule has 0 spiro atoms. The number of hydrogen-bond donors (Lipinski definition) is 0. The molecule has 1 fully saturated rings. The summed E-state index contributed by atoms with van der Waals surface area (Å²) in [5.41, 5.74) is 1.36. The Kier molecular flexibility index (Phi) is 6.53. The highest BCUT2D eigenvalue weighted by Gasteiger charge is 2.19. The van der Waals surface area contributed by atoms with E-state index in [1.807, 2.05) is 30.5 Å². The Bertz CT molecular complexity index is 954. The SMILES string of the molecule is COc1cccc(CCCCN2CCN(c3nccc4ccc(Cl)cc34)CC2)c1. The molecule has 1 aliphatic rings. The van der Waals surface area contributed by atoms with Crippen LogP contribution in [0, 0.1) is 0 Å². The molecular weight excluding hydrogens is 382 g/mol. The minimum atomic E-state index is 0.765. The van der Waals surface area contributed by atoms with Crippen LogP contribution in [0.4, 0.5) is 5.82 Å². The van der Waals surface area contributed by atoms with Crippen LogP contribution in [0.1, 0.15) is 18.4 Å². The van der Waals surface area contributed by atoms with Gasteiger partial charge in [0.1, 0.15) is 11.6 Å². The fourth-order valence-corrected chi connectivity index (χ4v) is 4.23. The molecule has 4 rings (SSSR count). The van der Waals surface area contributed by atoms with Gasteiger partial charge in [0.05, 0.1) is 7.11 Å². The number of methoxy groups -OCH3 is 1. The van der Waals surface area contributed by atoms with Gasteiger partial charge in [0.15, 0.2) is 0 Å². The third-order valence-corrected chi connectivity index (χ3v) is 5.94. The zero-order chi connectivity index (χ0) is 20.1. The molecule has 0 bridgehead atoms. The molecule has 2 heterocycles. The molecule has 1 aromatic heterocycles. The van der Waals surface area contributed by atoms with Gasteiger partial charge < -0.3 is 9.64 Å². The van der Waals surface area contributed by atoms with E-state index >= 15 is 0 Å². The minimum absolute atomic E-state index is 0.765. The number of anilines is 1. The number of ether oxygens (including phenoxy) is 1. The maximum atomic E-state index is 6.22. The molecule has 0 saturated carbocycles. The van der Waals surface area contributed by atoms with Crippen LogP contribution in [0.2, 0.25) is 5.02 Å². The highest BCUT2D eigenvalue weighted by Crippen LogP contribution is 2.28. The number of aryl methyl sites for hydroxylation is 1. The second kappa shape index (κ2) is 9.47. The largest absolute Gasteiger partial charge is 0.497 e. The highest BCUT2D eigenvalue weighted by atomic mass is 35.5. The van der Waals surface area contributed by atoms with Gasteiger partial charge >= 0.3 is 0 Å². The Morgan fingerprint density at radius 1 is 1.00 bits per heavy atom. The third kappa shape index (κ3) is 5.01. The van der Waals surface area contributed by atoms with Gasteiger partial charge in [-0.1, -0.05) is 29.8 Å². The second-order valence-electron chi connectivity index (χ2n) is 7.64. The molecule has 2 aromatic carbocycles. The lowest BCUT2D eigenvalue weighted by molar-refractivity contribution is 0.252. The first kappa shape index (κ1) is 20.0. The molecule has 29 heavy (non-hydrogen) atoms. The lowest BCUT2D eigenvalue weighted by Gasteiger charge is -2.36. The van der Waals surface area contributed by atoms with Gasteiger partial charge in [-0.15, -0.1) is 0 Å². The van der Waals surface area contributed by atoms with E-state index in [2.05, 4.69) is 39.0 Å². The molecule has 0 atom stereocenters. The molecule has 5 heteroatoms. The first-order valence-electron chi connectivity index (χ1n) is 10.4. The Hall–Kier alpha value is -2.30. The van der Waals surface area contributed by atoms with Crippen LogP contribution < -0.4 is 9.64 Å². The lowest BCUT2D eigenvalue weighted by atomic mass is 10.1. The van der Waals surface area contributed by atoms with E-state index < -0.39 is 0 Å². The van der Waals surface area contributed by atoms with Crippen molar-refractivity contribution in [3.63, 3.8) is 0 Å². The Balaban J connectivity index is 1.26. The first-order chi connectivity index (χ1) is 14.2. The van der Waals surface area contributed by atoms with Gasteiger partial charge in [0.2, 0.25) is 0 Å². The molecule has 1 aliphatic heterocycles. The van der Waals surface area contributed by atoms with Gasteiger partial charge in [0, 0.05) is 42.8 Å². The van der Waals surface area contributed by atoms with Gasteiger partial charge in [0.25, 0.3) is 0 Å². The normalized spacial score (nSPS) is 15.0. The van der Waals surface area contributed by atoms with Crippen molar-refractivity contribution in [2.75, 3.05) is 44.7 Å². The van der Waals surface area contributed by atoms with Crippen molar-refractivity contribution in [3.05, 3.63) is 65.3 Å². The van der Waals surface area contributed by atoms with E-state index in [1.165, 1.54) is 23.8 Å². The van der Waals surface area contributed by atoms with Crippen LogP contribution in [-0.4, -0.2) is 49.7 Å². The van der Waals surface area contributed by atoms with Crippen LogP contribution in [0.15, 0.2) is 54.7 Å². The second-order valence-corrected chi connectivity index (χ2v) is 8.07. The van der Waals surface area contributed by atoms with E-state index in [0.717, 1.165) is 61.1 Å². The molecular formula is C24H28ClN3O. The van der Waals surface area contributed by atoms with Crippen molar-refractivity contribution >= 4 is 28.2 Å². The maximum Gasteiger partial charge on any atom is 0.136 e. The first-order valence-corrected chi connectivity index (χ1v) is 10.8. The summed E-state index contributed by atoms with van der Waals surface area (Å²) in [6, 6.07) is 16.5.